The number of hydrogen-bond donors (Lipinski definition) is 6. The predicted molar refractivity (Wildman–Crippen MR) is 278 cm³/mol. The average molecular weight is 1020 g/mol. The number of alkyl halides is 1. The largest absolute Gasteiger partial charge is 0.415 e. The van der Waals surface area contributed by atoms with Gasteiger partial charge in [-0.05, 0) is 85.8 Å². The van der Waals surface area contributed by atoms with E-state index in [0.717, 1.165) is 34.3 Å². The molecule has 8 amide bonds. The van der Waals surface area contributed by atoms with Crippen LogP contribution in [0.3, 0.4) is 0 Å². The molecule has 0 saturated carbocycles. The van der Waals surface area contributed by atoms with Crippen LogP contribution in [-0.4, -0.2) is 144 Å². The van der Waals surface area contributed by atoms with Crippen LogP contribution in [0.5, 0.6) is 5.75 Å². The van der Waals surface area contributed by atoms with E-state index < -0.39 is 47.7 Å². The van der Waals surface area contributed by atoms with Gasteiger partial charge >= 0.3 is 6.09 Å². The molecule has 0 aliphatic carbocycles. The predicted octanol–water partition coefficient (Wildman–Crippen LogP) is 5.18. The molecule has 0 unspecified atom stereocenters. The number of halogens is 1. The Balaban J connectivity index is 0.839. The summed E-state index contributed by atoms with van der Waals surface area (Å²) in [7, 11) is 2.01. The number of aromatic nitrogens is 1. The Kier molecular flexibility index (Phi) is 16.2. The molecule has 3 aliphatic rings. The van der Waals surface area contributed by atoms with E-state index in [0.29, 0.717) is 71.0 Å². The molecule has 19 nitrogen and oxygen atoms in total. The summed E-state index contributed by atoms with van der Waals surface area (Å²) in [6, 6.07) is 21.2. The van der Waals surface area contributed by atoms with Crippen molar-refractivity contribution < 1.29 is 43.1 Å². The number of hydrogen-bond acceptors (Lipinski definition) is 11. The van der Waals surface area contributed by atoms with Crippen molar-refractivity contribution in [2.75, 3.05) is 80.8 Å². The highest BCUT2D eigenvalue weighted by atomic mass is 35.5. The first-order chi connectivity index (χ1) is 35.1. The first-order valence-corrected chi connectivity index (χ1v) is 24.9. The number of H-pyrrole nitrogens is 1. The summed E-state index contributed by atoms with van der Waals surface area (Å²) in [5, 5.41) is 16.6. The molecule has 0 bridgehead atoms. The van der Waals surface area contributed by atoms with E-state index in [-0.39, 0.29) is 55.6 Å². The number of imide groups is 1. The van der Waals surface area contributed by atoms with Gasteiger partial charge in [-0.3, -0.25) is 38.5 Å². The van der Waals surface area contributed by atoms with Gasteiger partial charge in [-0.2, -0.15) is 0 Å². The maximum Gasteiger partial charge on any atom is 0.415 e. The van der Waals surface area contributed by atoms with Crippen molar-refractivity contribution in [3.8, 4) is 5.75 Å². The molecule has 3 aliphatic heterocycles. The number of nitrogens with zero attached hydrogens (tertiary/aromatic N) is 4. The van der Waals surface area contributed by atoms with Crippen molar-refractivity contribution in [1.82, 2.24) is 35.6 Å². The Bertz CT molecular complexity index is 2970. The average Bonchev–Trinajstić information content (AvgIpc) is 4.08. The van der Waals surface area contributed by atoms with E-state index in [1.54, 1.807) is 85.2 Å². The lowest BCUT2D eigenvalue weighted by atomic mass is 9.95. The molecule has 0 spiro atoms. The number of nitrogens with one attached hydrogen (secondary N) is 6. The van der Waals surface area contributed by atoms with Crippen LogP contribution in [0.15, 0.2) is 91.0 Å². The van der Waals surface area contributed by atoms with Crippen LogP contribution >= 0.6 is 11.6 Å². The van der Waals surface area contributed by atoms with Gasteiger partial charge in [0.25, 0.3) is 23.6 Å². The van der Waals surface area contributed by atoms with Gasteiger partial charge in [-0.15, -0.1) is 11.6 Å². The summed E-state index contributed by atoms with van der Waals surface area (Å²) in [5.41, 5.74) is 3.77. The van der Waals surface area contributed by atoms with Crippen molar-refractivity contribution in [1.29, 1.82) is 0 Å². The van der Waals surface area contributed by atoms with Gasteiger partial charge in [0, 0.05) is 122 Å². The lowest BCUT2D eigenvalue weighted by Gasteiger charge is -2.31. The molecule has 1 aromatic heterocycles. The molecule has 4 aromatic carbocycles. The smallest absolute Gasteiger partial charge is 0.409 e. The summed E-state index contributed by atoms with van der Waals surface area (Å²) < 4.78 is 6.05. The van der Waals surface area contributed by atoms with Gasteiger partial charge in [-0.1, -0.05) is 38.1 Å². The Morgan fingerprint density at radius 3 is 2.21 bits per heavy atom. The first kappa shape index (κ1) is 51.7. The monoisotopic (exact) mass is 1010 g/mol. The Labute approximate surface area is 426 Å². The summed E-state index contributed by atoms with van der Waals surface area (Å²) in [5.74, 6) is -2.39. The molecular formula is C53H59ClN10O9. The molecule has 382 valence electrons. The topological polar surface area (TPSA) is 235 Å². The van der Waals surface area contributed by atoms with Crippen molar-refractivity contribution in [2.24, 2.45) is 5.92 Å². The molecule has 1 fully saturated rings. The summed E-state index contributed by atoms with van der Waals surface area (Å²) in [6.07, 6.45) is 2.41. The number of piperazine rings is 1. The van der Waals surface area contributed by atoms with Crippen LogP contribution in [0.1, 0.15) is 65.9 Å². The third kappa shape index (κ3) is 12.0. The Morgan fingerprint density at radius 1 is 0.808 bits per heavy atom. The SMILES string of the molecule is CC(C)[C@H](NC(=O)[C@H](C)NCCNC(=O)CCCN1C(=O)C=CC1=O)C(=O)Nc1ccc(C(=O)Nc2ccc3[nH]c(C(=O)N4C[C@@H](CCl)c5c4cc(OC(=O)N4CCN(C)CC4)c4ccccc54)cc3c2)cc1. The number of amides is 8. The number of anilines is 3. The molecule has 6 N–H and O–H groups in total. The maximum absolute atomic E-state index is 14.4. The van der Waals surface area contributed by atoms with Gasteiger partial charge < -0.3 is 51.0 Å². The Morgan fingerprint density at radius 2 is 1.51 bits per heavy atom. The van der Waals surface area contributed by atoms with Crippen LogP contribution < -0.4 is 36.2 Å². The van der Waals surface area contributed by atoms with Gasteiger partial charge in [0.1, 0.15) is 17.5 Å². The Hall–Kier alpha value is -7.61. The first-order valence-electron chi connectivity index (χ1n) is 24.4. The minimum Gasteiger partial charge on any atom is -0.409 e. The fraction of sp³-hybridized carbons (Fsp3) is 0.358. The summed E-state index contributed by atoms with van der Waals surface area (Å²) >= 11 is 6.55. The lowest BCUT2D eigenvalue weighted by Crippen LogP contribution is -2.53. The van der Waals surface area contributed by atoms with E-state index in [2.05, 4.69) is 36.5 Å². The van der Waals surface area contributed by atoms with E-state index >= 15 is 0 Å². The lowest BCUT2D eigenvalue weighted by molar-refractivity contribution is -0.137. The minimum atomic E-state index is -0.881. The number of rotatable bonds is 18. The zero-order valence-electron chi connectivity index (χ0n) is 41.1. The number of fused-ring (bicyclic) bond motifs is 4. The molecule has 8 rings (SSSR count). The van der Waals surface area contributed by atoms with E-state index in [1.165, 1.54) is 12.2 Å². The van der Waals surface area contributed by atoms with Gasteiger partial charge in [0.2, 0.25) is 17.7 Å². The summed E-state index contributed by atoms with van der Waals surface area (Å²) in [4.78, 5) is 113. The van der Waals surface area contributed by atoms with Crippen molar-refractivity contribution in [3.05, 3.63) is 108 Å². The molecule has 3 atom stereocenters. The molecule has 1 saturated heterocycles. The highest BCUT2D eigenvalue weighted by molar-refractivity contribution is 6.19. The molecule has 0 radical (unpaired) electrons. The fourth-order valence-corrected chi connectivity index (χ4v) is 9.35. The number of carbonyl (C=O) groups is 8. The number of carbonyl (C=O) groups excluding carboxylic acids is 8. The standard InChI is InChI=1S/C53H59ClN10O9/c1-31(2)48(60-49(68)32(3)55-19-20-56-44(65)10-7-21-63-45(66)17-18-46(63)67)51(70)57-36-13-11-33(12-14-36)50(69)58-37-15-16-40-34(26-37)27-41(59-40)52(71)64-30-35(29-54)47-39-9-6-5-8-38(39)43(28-42(47)64)73-53(72)62-24-22-61(4)23-25-62/h5-6,8-9,11-18,26-28,31-32,35,48,55,59H,7,10,19-25,29-30H2,1-4H3,(H,56,65)(H,57,70)(H,58,69)(H,60,68)/t32-,35+,48-/m0/s1. The van der Waals surface area contributed by atoms with Gasteiger partial charge in [0.05, 0.1) is 11.7 Å². The quantitative estimate of drug-likeness (QED) is 0.0380. The highest BCUT2D eigenvalue weighted by Gasteiger charge is 2.36. The zero-order chi connectivity index (χ0) is 51.9. The van der Waals surface area contributed by atoms with Crippen LogP contribution in [0.2, 0.25) is 0 Å². The molecule has 20 heteroatoms. The van der Waals surface area contributed by atoms with Crippen molar-refractivity contribution in [3.63, 3.8) is 0 Å². The number of aromatic amines is 1. The second-order valence-corrected chi connectivity index (χ2v) is 19.1. The van der Waals surface area contributed by atoms with E-state index in [1.807, 2.05) is 31.3 Å². The molecule has 73 heavy (non-hydrogen) atoms. The molecule has 4 heterocycles. The van der Waals surface area contributed by atoms with Crippen LogP contribution in [0.25, 0.3) is 21.7 Å². The normalized spacial score (nSPS) is 16.5. The van der Waals surface area contributed by atoms with E-state index in [9.17, 15) is 38.4 Å². The zero-order valence-corrected chi connectivity index (χ0v) is 41.8. The molecule has 5 aromatic rings. The van der Waals surface area contributed by atoms with Gasteiger partial charge in [-0.25, -0.2) is 4.79 Å². The van der Waals surface area contributed by atoms with Crippen molar-refractivity contribution >= 4 is 97.8 Å². The maximum atomic E-state index is 14.4. The minimum absolute atomic E-state index is 0.126. The van der Waals surface area contributed by atoms with Crippen LogP contribution in [-0.2, 0) is 24.0 Å². The second kappa shape index (κ2) is 22.9. The van der Waals surface area contributed by atoms with Crippen LogP contribution in [0, 0.1) is 5.92 Å². The fourth-order valence-electron chi connectivity index (χ4n) is 9.10. The van der Waals surface area contributed by atoms with Crippen LogP contribution in [0.4, 0.5) is 21.9 Å². The van der Waals surface area contributed by atoms with E-state index in [4.69, 9.17) is 16.3 Å². The number of ether oxygens (including phenoxy) is 1. The number of benzene rings is 4. The van der Waals surface area contributed by atoms with Gasteiger partial charge in [0.15, 0.2) is 0 Å². The third-order valence-electron chi connectivity index (χ3n) is 13.3. The molecular weight excluding hydrogens is 956 g/mol. The highest BCUT2D eigenvalue weighted by Crippen LogP contribution is 2.46. The summed E-state index contributed by atoms with van der Waals surface area (Å²) in [6.45, 7) is 8.83. The third-order valence-corrected chi connectivity index (χ3v) is 13.6. The number of likely N-dealkylation sites (N-methyl/N-ethyl adjacent to an activating group) is 1. The van der Waals surface area contributed by atoms with Crippen molar-refractivity contribution in [2.45, 2.75) is 51.6 Å². The second-order valence-electron chi connectivity index (χ2n) is 18.8.